The molecule has 0 bridgehead atoms. The Hall–Kier alpha value is -5.40. The summed E-state index contributed by atoms with van der Waals surface area (Å²) in [6, 6.07) is 15.5. The van der Waals surface area contributed by atoms with Gasteiger partial charge in [-0.15, -0.1) is 11.3 Å². The highest BCUT2D eigenvalue weighted by molar-refractivity contribution is 7.90. The van der Waals surface area contributed by atoms with Crippen LogP contribution in [0.4, 0.5) is 10.8 Å². The van der Waals surface area contributed by atoms with E-state index in [0.717, 1.165) is 97.0 Å². The van der Waals surface area contributed by atoms with Crippen LogP contribution in [0.3, 0.4) is 0 Å². The maximum Gasteiger partial charge on any atom is 0.266 e. The number of nitrogens with zero attached hydrogens (tertiary/aromatic N) is 3. The zero-order valence-electron chi connectivity index (χ0n) is 43.1. The summed E-state index contributed by atoms with van der Waals surface area (Å²) in [5, 5.41) is 17.8. The number of aromatic nitrogens is 2. The predicted octanol–water partition coefficient (Wildman–Crippen LogP) is 12.8. The molecule has 0 aliphatic carbocycles. The summed E-state index contributed by atoms with van der Waals surface area (Å²) < 4.78 is 29.8. The Balaban J connectivity index is 0.000000333. The van der Waals surface area contributed by atoms with Crippen LogP contribution in [-0.4, -0.2) is 59.4 Å². The number of allylic oxidation sites excluding steroid dienone is 4. The number of carbonyl (C=O) groups excluding carboxylic acids is 1. The van der Waals surface area contributed by atoms with Crippen LogP contribution < -0.4 is 26.0 Å². The standard InChI is InChI=1S/C38H59N5O3S.C18H21N3S/c1-27(2)35(40-29(4)26-37(7,8)9)31(6)43-25-19-22-33(43)30(5)41-38(10)24-18-14-12-11-13-15-20-28(3)39-32-21-16-17-23-34(32)47(45,46)42-36(38)44;1-5-13-6-7-14-12(4)8-16(20-15(14)9-13)17-10-22-18(21-17)19-11(2)3/h12,14,16-17,21,23,27,33,35,39-41H,3-6,11,13,15,18-20,22,24-26H2,1-2,7-10H3,(H,42,44);6-11H,5H2,1-4H3,(H,19,21)/b14-12-;/t33?,35?,38-;/m0./s1. The topological polar surface area (TPSA) is 140 Å². The lowest BCUT2D eigenvalue weighted by Gasteiger charge is -2.39. The molecule has 2 aliphatic rings. The van der Waals surface area contributed by atoms with Gasteiger partial charge in [0, 0.05) is 46.1 Å². The number of benzene rings is 2. The molecule has 5 N–H and O–H groups in total. The van der Waals surface area contributed by atoms with E-state index in [1.165, 1.54) is 22.6 Å². The van der Waals surface area contributed by atoms with E-state index in [0.29, 0.717) is 30.3 Å². The summed E-state index contributed by atoms with van der Waals surface area (Å²) in [4.78, 5) is 25.8. The molecule has 1 amide bonds. The third-order valence-electron chi connectivity index (χ3n) is 12.6. The van der Waals surface area contributed by atoms with Crippen LogP contribution in [0.25, 0.3) is 22.3 Å². The van der Waals surface area contributed by atoms with Gasteiger partial charge in [-0.25, -0.2) is 23.1 Å². The van der Waals surface area contributed by atoms with Crippen molar-refractivity contribution in [2.75, 3.05) is 17.2 Å². The van der Waals surface area contributed by atoms with Gasteiger partial charge in [-0.1, -0.05) is 104 Å². The summed E-state index contributed by atoms with van der Waals surface area (Å²) in [6.45, 7) is 39.4. The number of sulfonamides is 1. The first-order chi connectivity index (χ1) is 32.5. The molecule has 0 spiro atoms. The molecule has 0 saturated carbocycles. The van der Waals surface area contributed by atoms with Crippen LogP contribution in [0.5, 0.6) is 0 Å². The van der Waals surface area contributed by atoms with Gasteiger partial charge in [0.15, 0.2) is 5.13 Å². The fourth-order valence-electron chi connectivity index (χ4n) is 8.93. The smallest absolute Gasteiger partial charge is 0.266 e. The lowest BCUT2D eigenvalue weighted by Crippen LogP contribution is -2.57. The number of thiazole rings is 1. The number of anilines is 2. The molecule has 374 valence electrons. The number of likely N-dealkylation sites (tertiary alicyclic amines) is 1. The molecule has 2 aromatic carbocycles. The Bertz CT molecular complexity index is 2610. The van der Waals surface area contributed by atoms with Crippen LogP contribution in [0.15, 0.2) is 120 Å². The number of rotatable bonds is 13. The molecule has 2 unspecified atom stereocenters. The van der Waals surface area contributed by atoms with E-state index >= 15 is 0 Å². The Morgan fingerprint density at radius 3 is 2.41 bits per heavy atom. The minimum atomic E-state index is -4.21. The van der Waals surface area contributed by atoms with Crippen molar-refractivity contribution in [2.24, 2.45) is 11.3 Å². The monoisotopic (exact) mass is 977 g/mol. The highest BCUT2D eigenvalue weighted by Gasteiger charge is 2.40. The minimum Gasteiger partial charge on any atom is -0.380 e. The number of fused-ring (bicyclic) bond motifs is 2. The molecule has 1 saturated heterocycles. The van der Waals surface area contributed by atoms with Gasteiger partial charge in [-0.3, -0.25) is 4.79 Å². The van der Waals surface area contributed by atoms with Crippen LogP contribution >= 0.6 is 11.3 Å². The molecule has 6 rings (SSSR count). The number of aryl methyl sites for hydroxylation is 2. The highest BCUT2D eigenvalue weighted by atomic mass is 32.2. The van der Waals surface area contributed by atoms with Crippen molar-refractivity contribution in [2.45, 2.75) is 162 Å². The maximum atomic E-state index is 14.0. The fourth-order valence-corrected chi connectivity index (χ4v) is 11.0. The molecule has 2 aromatic heterocycles. The normalized spacial score (nSPS) is 19.9. The molecule has 13 heteroatoms. The molecule has 11 nitrogen and oxygen atoms in total. The number of carbonyl (C=O) groups is 1. The number of hydrogen-bond acceptors (Lipinski definition) is 11. The van der Waals surface area contributed by atoms with Crippen molar-refractivity contribution in [3.8, 4) is 11.4 Å². The molecule has 2 aliphatic heterocycles. The molecule has 69 heavy (non-hydrogen) atoms. The zero-order valence-corrected chi connectivity index (χ0v) is 44.8. The molecule has 4 heterocycles. The Morgan fingerprint density at radius 1 is 0.986 bits per heavy atom. The largest absolute Gasteiger partial charge is 0.380 e. The van der Waals surface area contributed by atoms with E-state index in [4.69, 9.17) is 4.98 Å². The second-order valence-electron chi connectivity index (χ2n) is 20.8. The van der Waals surface area contributed by atoms with Crippen LogP contribution in [0.1, 0.15) is 131 Å². The lowest BCUT2D eigenvalue weighted by atomic mass is 9.90. The summed E-state index contributed by atoms with van der Waals surface area (Å²) in [5.41, 5.74) is 8.11. The van der Waals surface area contributed by atoms with Crippen molar-refractivity contribution in [3.63, 3.8) is 0 Å². The SMILES string of the molecule is C=C1CCCC/C=C\CC[C@](C)(NC(=C)C2CCCN2C(=C)C(NC(=C)CC(C)(C)C)C(C)C)C(=O)NS(=O)(=O)c2ccccc2N1.CCc1ccc2c(C)cc(-c3csc(NC(C)C)n3)nc2c1. The third kappa shape index (κ3) is 15.3. The number of para-hydroxylation sites is 1. The number of amides is 1. The summed E-state index contributed by atoms with van der Waals surface area (Å²) in [7, 11) is -4.21. The Kier molecular flexibility index (Phi) is 18.9. The molecule has 1 fully saturated rings. The highest BCUT2D eigenvalue weighted by Crippen LogP contribution is 2.33. The first-order valence-corrected chi connectivity index (χ1v) is 27.1. The van der Waals surface area contributed by atoms with Crippen molar-refractivity contribution in [1.29, 1.82) is 0 Å². The fraction of sp³-hybridized carbons (Fsp3) is 0.482. The summed E-state index contributed by atoms with van der Waals surface area (Å²) >= 11 is 1.63. The quantitative estimate of drug-likeness (QED) is 0.0823. The van der Waals surface area contributed by atoms with Gasteiger partial charge in [0.05, 0.1) is 29.0 Å². The zero-order chi connectivity index (χ0) is 50.7. The summed E-state index contributed by atoms with van der Waals surface area (Å²) in [5.74, 6) is -0.360. The van der Waals surface area contributed by atoms with Gasteiger partial charge < -0.3 is 26.2 Å². The molecule has 0 radical (unpaired) electrons. The molecular formula is C56H80N8O3S2. The molecule has 4 aromatic rings. The predicted molar refractivity (Wildman–Crippen MR) is 292 cm³/mol. The van der Waals surface area contributed by atoms with Gasteiger partial charge in [0.25, 0.3) is 15.9 Å². The van der Waals surface area contributed by atoms with E-state index in [-0.39, 0.29) is 28.3 Å². The Labute approximate surface area is 418 Å². The third-order valence-corrected chi connectivity index (χ3v) is 14.7. The van der Waals surface area contributed by atoms with Gasteiger partial charge in [0.2, 0.25) is 0 Å². The van der Waals surface area contributed by atoms with Gasteiger partial charge >= 0.3 is 0 Å². The minimum absolute atomic E-state index is 0.00112. The number of hydrogen-bond donors (Lipinski definition) is 5. The van der Waals surface area contributed by atoms with E-state index in [1.54, 1.807) is 36.5 Å². The summed E-state index contributed by atoms with van der Waals surface area (Å²) in [6.07, 6.45) is 12.4. The van der Waals surface area contributed by atoms with E-state index in [2.05, 4.69) is 166 Å². The Morgan fingerprint density at radius 2 is 1.71 bits per heavy atom. The second kappa shape index (κ2) is 23.9. The number of pyridine rings is 1. The molecular weight excluding hydrogens is 897 g/mol. The first-order valence-electron chi connectivity index (χ1n) is 24.8. The van der Waals surface area contributed by atoms with Crippen LogP contribution in [0, 0.1) is 18.3 Å². The van der Waals surface area contributed by atoms with Crippen molar-refractivity contribution >= 4 is 49.0 Å². The average molecular weight is 977 g/mol. The van der Waals surface area contributed by atoms with Gasteiger partial charge in [-0.2, -0.15) is 0 Å². The van der Waals surface area contributed by atoms with E-state index in [9.17, 15) is 13.2 Å². The lowest BCUT2D eigenvalue weighted by molar-refractivity contribution is -0.125. The van der Waals surface area contributed by atoms with E-state index in [1.807, 2.05) is 0 Å². The van der Waals surface area contributed by atoms with Gasteiger partial charge in [0.1, 0.15) is 16.1 Å². The van der Waals surface area contributed by atoms with Gasteiger partial charge in [-0.05, 0) is 139 Å². The molecule has 3 atom stereocenters. The van der Waals surface area contributed by atoms with Crippen molar-refractivity contribution in [1.82, 2.24) is 30.2 Å². The van der Waals surface area contributed by atoms with Crippen LogP contribution in [-0.2, 0) is 21.2 Å². The van der Waals surface area contributed by atoms with Crippen LogP contribution in [0.2, 0.25) is 0 Å². The first kappa shape index (κ1) is 54.5. The number of nitrogens with one attached hydrogen (secondary N) is 5. The maximum absolute atomic E-state index is 14.0. The average Bonchev–Trinajstić information content (AvgIpc) is 3.96. The van der Waals surface area contributed by atoms with E-state index < -0.39 is 21.5 Å². The second-order valence-corrected chi connectivity index (χ2v) is 23.3. The van der Waals surface area contributed by atoms with Crippen molar-refractivity contribution < 1.29 is 13.2 Å². The van der Waals surface area contributed by atoms with Crippen molar-refractivity contribution in [3.05, 3.63) is 126 Å².